The summed E-state index contributed by atoms with van der Waals surface area (Å²) >= 11 is 0. The third-order valence-electron chi connectivity index (χ3n) is 9.50. The molecule has 3 aromatic rings. The minimum absolute atomic E-state index is 0.185. The third kappa shape index (κ3) is 7.45. The zero-order valence-electron chi connectivity index (χ0n) is 28.7. The molecule has 0 bridgehead atoms. The molecule has 1 aromatic heterocycles. The SMILES string of the molecule is Cc1cc(F)ccc1CN1CCc2cc(-c3c(C(C)O)nc(C)c(C(OC(C)(C)C)C(=O)O)c3N3CCC(C)(C)CC3)ccc2C1. The van der Waals surface area contributed by atoms with Crippen LogP contribution in [-0.4, -0.2) is 51.3 Å². The number of aliphatic carboxylic acids is 1. The lowest BCUT2D eigenvalue weighted by Crippen LogP contribution is -2.39. The summed E-state index contributed by atoms with van der Waals surface area (Å²) in [6, 6.07) is 11.4. The monoisotopic (exact) mass is 631 g/mol. The quantitative estimate of drug-likeness (QED) is 0.264. The Labute approximate surface area is 273 Å². The van der Waals surface area contributed by atoms with Crippen LogP contribution in [-0.2, 0) is 29.0 Å². The van der Waals surface area contributed by atoms with Crippen molar-refractivity contribution in [2.75, 3.05) is 24.5 Å². The molecule has 2 aliphatic heterocycles. The van der Waals surface area contributed by atoms with Crippen molar-refractivity contribution in [2.45, 2.75) is 106 Å². The van der Waals surface area contributed by atoms with Gasteiger partial charge in [-0.2, -0.15) is 0 Å². The summed E-state index contributed by atoms with van der Waals surface area (Å²) in [4.78, 5) is 22.5. The van der Waals surface area contributed by atoms with Gasteiger partial charge in [-0.05, 0) is 106 Å². The van der Waals surface area contributed by atoms with Crippen molar-refractivity contribution in [3.63, 3.8) is 0 Å². The van der Waals surface area contributed by atoms with Crippen LogP contribution < -0.4 is 4.90 Å². The molecule has 8 heteroatoms. The number of ether oxygens (including phenoxy) is 1. The van der Waals surface area contributed by atoms with E-state index in [1.165, 1.54) is 17.2 Å². The first-order valence-corrected chi connectivity index (χ1v) is 16.5. The lowest BCUT2D eigenvalue weighted by Gasteiger charge is -2.41. The van der Waals surface area contributed by atoms with Gasteiger partial charge < -0.3 is 19.8 Å². The first kappa shape index (κ1) is 34.0. The fourth-order valence-corrected chi connectivity index (χ4v) is 6.85. The number of rotatable bonds is 8. The number of fused-ring (bicyclic) bond motifs is 1. The van der Waals surface area contributed by atoms with Gasteiger partial charge >= 0.3 is 5.97 Å². The van der Waals surface area contributed by atoms with Crippen LogP contribution in [0.3, 0.4) is 0 Å². The molecular weight excluding hydrogens is 581 g/mol. The van der Waals surface area contributed by atoms with E-state index in [4.69, 9.17) is 9.72 Å². The van der Waals surface area contributed by atoms with Gasteiger partial charge in [0, 0.05) is 49.5 Å². The molecule has 0 spiro atoms. The number of anilines is 1. The molecule has 46 heavy (non-hydrogen) atoms. The van der Waals surface area contributed by atoms with Gasteiger partial charge in [-0.25, -0.2) is 9.18 Å². The Morgan fingerprint density at radius 3 is 2.37 bits per heavy atom. The summed E-state index contributed by atoms with van der Waals surface area (Å²) in [5.74, 6) is -1.27. The number of aliphatic hydroxyl groups excluding tert-OH is 1. The van der Waals surface area contributed by atoms with Crippen molar-refractivity contribution in [1.82, 2.24) is 9.88 Å². The molecule has 1 fully saturated rings. The second-order valence-corrected chi connectivity index (χ2v) is 15.0. The van der Waals surface area contributed by atoms with Gasteiger partial charge in [0.2, 0.25) is 0 Å². The number of benzene rings is 2. The second kappa shape index (κ2) is 13.1. The summed E-state index contributed by atoms with van der Waals surface area (Å²) in [6.07, 6.45) is 0.684. The van der Waals surface area contributed by atoms with Crippen LogP contribution >= 0.6 is 0 Å². The van der Waals surface area contributed by atoms with Crippen molar-refractivity contribution in [2.24, 2.45) is 5.41 Å². The van der Waals surface area contributed by atoms with Crippen molar-refractivity contribution < 1.29 is 24.1 Å². The van der Waals surface area contributed by atoms with Gasteiger partial charge in [-0.1, -0.05) is 38.1 Å². The average Bonchev–Trinajstić information content (AvgIpc) is 2.96. The minimum atomic E-state index is -1.22. The Balaban J connectivity index is 1.62. The number of carbonyl (C=O) groups is 1. The van der Waals surface area contributed by atoms with E-state index in [0.717, 1.165) is 79.9 Å². The Kier molecular flexibility index (Phi) is 9.65. The molecular formula is C38H50FN3O4. The number of aliphatic hydroxyl groups is 1. The highest BCUT2D eigenvalue weighted by Crippen LogP contribution is 2.46. The van der Waals surface area contributed by atoms with E-state index in [9.17, 15) is 19.4 Å². The van der Waals surface area contributed by atoms with Gasteiger partial charge in [0.15, 0.2) is 6.10 Å². The van der Waals surface area contributed by atoms with Crippen LogP contribution in [0.4, 0.5) is 10.1 Å². The molecule has 0 amide bonds. The van der Waals surface area contributed by atoms with E-state index in [0.29, 0.717) is 17.0 Å². The Hall–Kier alpha value is -3.33. The molecule has 2 aliphatic rings. The molecule has 2 unspecified atom stereocenters. The van der Waals surface area contributed by atoms with Crippen LogP contribution in [0.2, 0.25) is 0 Å². The van der Waals surface area contributed by atoms with Gasteiger partial charge in [0.25, 0.3) is 0 Å². The van der Waals surface area contributed by atoms with Crippen molar-refractivity contribution >= 4 is 11.7 Å². The van der Waals surface area contributed by atoms with Crippen LogP contribution in [0.5, 0.6) is 0 Å². The number of carboxylic acids is 1. The first-order chi connectivity index (χ1) is 21.5. The largest absolute Gasteiger partial charge is 0.479 e. The third-order valence-corrected chi connectivity index (χ3v) is 9.50. The number of halogens is 1. The predicted molar refractivity (Wildman–Crippen MR) is 180 cm³/mol. The lowest BCUT2D eigenvalue weighted by molar-refractivity contribution is -0.160. The first-order valence-electron chi connectivity index (χ1n) is 16.5. The number of piperidine rings is 1. The zero-order chi connectivity index (χ0) is 33.6. The number of carboxylic acid groups (broad SMARTS) is 1. The van der Waals surface area contributed by atoms with E-state index in [1.54, 1.807) is 13.0 Å². The summed E-state index contributed by atoms with van der Waals surface area (Å²) in [6.45, 7) is 19.6. The summed E-state index contributed by atoms with van der Waals surface area (Å²) in [5, 5.41) is 21.7. The van der Waals surface area contributed by atoms with Crippen LogP contribution in [0.1, 0.15) is 106 Å². The fraction of sp³-hybridized carbons (Fsp3) is 0.526. The highest BCUT2D eigenvalue weighted by molar-refractivity contribution is 5.88. The van der Waals surface area contributed by atoms with Crippen molar-refractivity contribution in [1.29, 1.82) is 0 Å². The average molecular weight is 632 g/mol. The molecule has 7 nitrogen and oxygen atoms in total. The lowest BCUT2D eigenvalue weighted by atomic mass is 9.81. The summed E-state index contributed by atoms with van der Waals surface area (Å²) < 4.78 is 19.9. The Bertz CT molecular complexity index is 1600. The molecule has 248 valence electrons. The van der Waals surface area contributed by atoms with Crippen LogP contribution in [0, 0.1) is 25.1 Å². The Morgan fingerprint density at radius 1 is 1.07 bits per heavy atom. The number of nitrogens with zero attached hydrogens (tertiary/aromatic N) is 3. The number of pyridine rings is 1. The van der Waals surface area contributed by atoms with E-state index in [2.05, 4.69) is 41.8 Å². The molecule has 2 atom stereocenters. The van der Waals surface area contributed by atoms with Gasteiger partial charge in [0.1, 0.15) is 5.82 Å². The number of hydrogen-bond donors (Lipinski definition) is 2. The second-order valence-electron chi connectivity index (χ2n) is 15.0. The van der Waals surface area contributed by atoms with E-state index in [-0.39, 0.29) is 11.2 Å². The van der Waals surface area contributed by atoms with Gasteiger partial charge in [-0.3, -0.25) is 9.88 Å². The van der Waals surface area contributed by atoms with E-state index in [1.807, 2.05) is 40.7 Å². The molecule has 0 saturated carbocycles. The topological polar surface area (TPSA) is 86.1 Å². The maximum Gasteiger partial charge on any atom is 0.337 e. The molecule has 0 aliphatic carbocycles. The van der Waals surface area contributed by atoms with Crippen LogP contribution in [0.25, 0.3) is 11.1 Å². The zero-order valence-corrected chi connectivity index (χ0v) is 28.7. The highest BCUT2D eigenvalue weighted by atomic mass is 19.1. The standard InChI is InChI=1S/C38H50FN3O4/c1-23-19-30(39)12-11-28(23)21-41-16-13-26-20-27(9-10-29(26)22-41)32-33(25(3)43)40-24(2)31(35(36(44)45)46-37(4,5)6)34(32)42-17-14-38(7,8)15-18-42/h9-12,19-20,25,35,43H,13-18,21-22H2,1-8H3,(H,44,45). The highest BCUT2D eigenvalue weighted by Gasteiger charge is 2.37. The van der Waals surface area contributed by atoms with Gasteiger partial charge in [0.05, 0.1) is 23.1 Å². The smallest absolute Gasteiger partial charge is 0.337 e. The maximum atomic E-state index is 13.7. The Morgan fingerprint density at radius 2 is 1.76 bits per heavy atom. The molecule has 2 N–H and O–H groups in total. The molecule has 3 heterocycles. The summed E-state index contributed by atoms with van der Waals surface area (Å²) in [5.41, 5.74) is 8.19. The van der Waals surface area contributed by atoms with E-state index < -0.39 is 23.8 Å². The normalized spacial score (nSPS) is 18.3. The maximum absolute atomic E-state index is 13.7. The molecule has 0 radical (unpaired) electrons. The van der Waals surface area contributed by atoms with Crippen molar-refractivity contribution in [3.8, 4) is 11.1 Å². The van der Waals surface area contributed by atoms with Crippen molar-refractivity contribution in [3.05, 3.63) is 81.4 Å². The number of aryl methyl sites for hydroxylation is 2. The number of aromatic nitrogens is 1. The summed E-state index contributed by atoms with van der Waals surface area (Å²) in [7, 11) is 0. The van der Waals surface area contributed by atoms with E-state index >= 15 is 0 Å². The molecule has 5 rings (SSSR count). The van der Waals surface area contributed by atoms with Crippen LogP contribution in [0.15, 0.2) is 36.4 Å². The molecule has 2 aromatic carbocycles. The fourth-order valence-electron chi connectivity index (χ4n) is 6.85. The number of hydrogen-bond acceptors (Lipinski definition) is 6. The van der Waals surface area contributed by atoms with Gasteiger partial charge in [-0.15, -0.1) is 0 Å². The predicted octanol–water partition coefficient (Wildman–Crippen LogP) is 7.68. The minimum Gasteiger partial charge on any atom is -0.479 e. The molecule has 1 saturated heterocycles.